The first-order valence-electron chi connectivity index (χ1n) is 23.9. The van der Waals surface area contributed by atoms with Gasteiger partial charge in [0.15, 0.2) is 5.78 Å². The van der Waals surface area contributed by atoms with Crippen molar-refractivity contribution in [2.24, 2.45) is 35.5 Å². The molecule has 15 atom stereocenters. The summed E-state index contributed by atoms with van der Waals surface area (Å²) < 4.78 is 46.1. The molecule has 4 aliphatic rings. The largest absolute Gasteiger partial charge is 0.460 e. The van der Waals surface area contributed by atoms with E-state index in [1.54, 1.807) is 48.0 Å². The highest BCUT2D eigenvalue weighted by atomic mass is 19.2. The zero-order valence-electron chi connectivity index (χ0n) is 40.5. The lowest BCUT2D eigenvalue weighted by Gasteiger charge is -2.41. The molecule has 2 N–H and O–H groups in total. The number of cyclic esters (lactones) is 1. The summed E-state index contributed by atoms with van der Waals surface area (Å²) in [5.41, 5.74) is 1.22. The molecule has 3 unspecified atom stereocenters. The number of rotatable bonds is 6. The molecule has 3 fully saturated rings. The first-order valence-corrected chi connectivity index (χ1v) is 23.9. The van der Waals surface area contributed by atoms with Crippen LogP contribution in [0.5, 0.6) is 0 Å². The zero-order chi connectivity index (χ0) is 48.2. The van der Waals surface area contributed by atoms with Gasteiger partial charge in [0.2, 0.25) is 0 Å². The van der Waals surface area contributed by atoms with Crippen molar-refractivity contribution in [3.63, 3.8) is 0 Å². The van der Waals surface area contributed by atoms with Crippen LogP contribution in [0.15, 0.2) is 47.6 Å². The van der Waals surface area contributed by atoms with Gasteiger partial charge in [-0.25, -0.2) is 9.18 Å². The predicted octanol–water partition coefficient (Wildman–Crippen LogP) is 7.16. The van der Waals surface area contributed by atoms with Gasteiger partial charge in [-0.05, 0) is 107 Å². The second kappa shape index (κ2) is 25.1. The Labute approximate surface area is 386 Å². The monoisotopic (exact) mass is 916 g/mol. The van der Waals surface area contributed by atoms with Crippen LogP contribution in [0.3, 0.4) is 0 Å². The summed E-state index contributed by atoms with van der Waals surface area (Å²) in [5, 5.41) is 21.9. The van der Waals surface area contributed by atoms with E-state index in [4.69, 9.17) is 23.7 Å². The number of piperidine rings is 1. The maximum Gasteiger partial charge on any atom is 0.329 e. The molecule has 65 heavy (non-hydrogen) atoms. The molecule has 0 spiro atoms. The van der Waals surface area contributed by atoms with Gasteiger partial charge < -0.3 is 38.8 Å². The fourth-order valence-electron chi connectivity index (χ4n) is 10.1. The number of halogens is 1. The molecule has 0 aromatic rings. The van der Waals surface area contributed by atoms with Gasteiger partial charge in [0.05, 0.1) is 24.4 Å². The summed E-state index contributed by atoms with van der Waals surface area (Å²) in [4.78, 5) is 71.4. The molecular weight excluding hydrogens is 838 g/mol. The maximum absolute atomic E-state index is 17.1. The summed E-state index contributed by atoms with van der Waals surface area (Å²) >= 11 is 0. The first-order chi connectivity index (χ1) is 30.7. The van der Waals surface area contributed by atoms with Crippen LogP contribution >= 0.6 is 0 Å². The highest BCUT2D eigenvalue weighted by Gasteiger charge is 2.55. The van der Waals surface area contributed by atoms with Crippen molar-refractivity contribution in [3.8, 4) is 0 Å². The van der Waals surface area contributed by atoms with Gasteiger partial charge in [-0.1, -0.05) is 71.1 Å². The number of amides is 1. The third-order valence-corrected chi connectivity index (χ3v) is 14.4. The Morgan fingerprint density at radius 3 is 2.26 bits per heavy atom. The normalized spacial score (nSPS) is 40.4. The second-order valence-electron chi connectivity index (χ2n) is 19.5. The summed E-state index contributed by atoms with van der Waals surface area (Å²) in [6.07, 6.45) is 10.3. The van der Waals surface area contributed by atoms with Crippen LogP contribution in [0.1, 0.15) is 126 Å². The van der Waals surface area contributed by atoms with E-state index in [2.05, 4.69) is 0 Å². The predicted molar refractivity (Wildman–Crippen MR) is 244 cm³/mol. The van der Waals surface area contributed by atoms with Gasteiger partial charge in [0.1, 0.15) is 30.1 Å². The summed E-state index contributed by atoms with van der Waals surface area (Å²) in [6, 6.07) is -1.20. The number of ether oxygens (including phenoxy) is 5. The highest BCUT2D eigenvalue weighted by Crippen LogP contribution is 2.40. The molecule has 2 saturated heterocycles. The van der Waals surface area contributed by atoms with Gasteiger partial charge in [-0.15, -0.1) is 0 Å². The summed E-state index contributed by atoms with van der Waals surface area (Å²) in [5.74, 6) is -9.16. The van der Waals surface area contributed by atoms with Crippen LogP contribution < -0.4 is 0 Å². The maximum atomic E-state index is 17.1. The lowest BCUT2D eigenvalue weighted by Crippen LogP contribution is -2.59. The summed E-state index contributed by atoms with van der Waals surface area (Å²) in [7, 11) is 4.47. The van der Waals surface area contributed by atoms with Crippen LogP contribution in [-0.2, 0) is 47.7 Å². The van der Waals surface area contributed by atoms with Crippen LogP contribution in [0.4, 0.5) is 4.39 Å². The molecule has 0 aromatic carbocycles. The van der Waals surface area contributed by atoms with E-state index in [9.17, 15) is 34.2 Å². The Bertz CT molecular complexity index is 1760. The number of carbonyl (C=O) groups excluding carboxylic acids is 5. The van der Waals surface area contributed by atoms with Gasteiger partial charge in [0, 0.05) is 58.5 Å². The number of fused-ring (bicyclic) bond motifs is 3. The Hall–Kier alpha value is -3.40. The molecule has 1 aliphatic carbocycles. The van der Waals surface area contributed by atoms with Crippen molar-refractivity contribution in [3.05, 3.63) is 47.6 Å². The molecule has 1 saturated carbocycles. The molecule has 366 valence electrons. The molecule has 2 bridgehead atoms. The van der Waals surface area contributed by atoms with E-state index in [1.165, 1.54) is 7.11 Å². The number of allylic oxidation sites excluding steroid dienone is 6. The van der Waals surface area contributed by atoms with Gasteiger partial charge in [0.25, 0.3) is 17.5 Å². The lowest BCUT2D eigenvalue weighted by atomic mass is 9.78. The number of nitrogens with zero attached hydrogens (tertiary/aromatic N) is 1. The zero-order valence-corrected chi connectivity index (χ0v) is 40.5. The minimum Gasteiger partial charge on any atom is -0.460 e. The van der Waals surface area contributed by atoms with E-state index in [1.807, 2.05) is 51.2 Å². The first kappa shape index (κ1) is 54.2. The second-order valence-corrected chi connectivity index (χ2v) is 19.5. The number of aliphatic hydroxyl groups is 2. The molecule has 0 aromatic heterocycles. The quantitative estimate of drug-likeness (QED) is 0.157. The van der Waals surface area contributed by atoms with E-state index >= 15 is 4.39 Å². The number of hydrogen-bond donors (Lipinski definition) is 2. The Morgan fingerprint density at radius 1 is 0.862 bits per heavy atom. The summed E-state index contributed by atoms with van der Waals surface area (Å²) in [6.45, 7) is 12.5. The SMILES string of the molecule is CO[C@H]1C[C@@H]2CC[C@@H](C)C(F)(O2)C(=O)C(=O)N2CCCCC2C(=O)O[C@H]([C@H](C)CC2CC[C@@H](O)[C@H](OC)C2)CC(=O)[C@H](C)/C=C(\C)[C@@H](O)[C@@H](OC)C(=O)[C@H](C)C[C@H](C)/C=C/C=C/C=C/1C. The molecule has 13 nitrogen and oxygen atoms in total. The Balaban J connectivity index is 1.70. The van der Waals surface area contributed by atoms with E-state index < -0.39 is 83.9 Å². The fraction of sp³-hybridized carbons (Fsp3) is 0.745. The average Bonchev–Trinajstić information content (AvgIpc) is 3.28. The van der Waals surface area contributed by atoms with Gasteiger partial charge in [-0.2, -0.15) is 0 Å². The average molecular weight is 916 g/mol. The number of alkyl halides is 1. The number of aliphatic hydroxyl groups excluding tert-OH is 2. The van der Waals surface area contributed by atoms with Crippen molar-refractivity contribution in [1.82, 2.24) is 4.90 Å². The number of carbonyl (C=O) groups is 5. The third-order valence-electron chi connectivity index (χ3n) is 14.4. The van der Waals surface area contributed by atoms with Crippen molar-refractivity contribution in [2.45, 2.75) is 180 Å². The number of ketones is 3. The van der Waals surface area contributed by atoms with Gasteiger partial charge >= 0.3 is 5.97 Å². The van der Waals surface area contributed by atoms with Crippen LogP contribution in [0.2, 0.25) is 0 Å². The van der Waals surface area contributed by atoms with Crippen molar-refractivity contribution in [2.75, 3.05) is 27.9 Å². The van der Waals surface area contributed by atoms with Crippen LogP contribution in [-0.4, -0.2) is 127 Å². The lowest BCUT2D eigenvalue weighted by molar-refractivity contribution is -0.231. The number of hydrogen-bond acceptors (Lipinski definition) is 12. The molecular formula is C51H78FNO12. The highest BCUT2D eigenvalue weighted by molar-refractivity contribution is 6.39. The number of esters is 1. The Morgan fingerprint density at radius 2 is 1.58 bits per heavy atom. The van der Waals surface area contributed by atoms with Crippen LogP contribution in [0, 0.1) is 35.5 Å². The molecule has 4 rings (SSSR count). The molecule has 3 heterocycles. The molecule has 1 amide bonds. The molecule has 3 aliphatic heterocycles. The minimum absolute atomic E-state index is 0.00748. The van der Waals surface area contributed by atoms with E-state index in [0.717, 1.165) is 10.5 Å². The smallest absolute Gasteiger partial charge is 0.329 e. The van der Waals surface area contributed by atoms with Crippen molar-refractivity contribution in [1.29, 1.82) is 0 Å². The third kappa shape index (κ3) is 14.3. The van der Waals surface area contributed by atoms with Crippen LogP contribution in [0.25, 0.3) is 0 Å². The Kier molecular flexibility index (Phi) is 20.9. The van der Waals surface area contributed by atoms with E-state index in [-0.39, 0.29) is 67.7 Å². The fourth-order valence-corrected chi connectivity index (χ4v) is 10.1. The van der Waals surface area contributed by atoms with Gasteiger partial charge in [-0.3, -0.25) is 19.2 Å². The standard InChI is InChI=1S/C51H78FNO12/c1-30-16-12-11-13-17-31(2)42(61-8)28-38-21-19-36(7)51(52,65-38)48(58)49(59)53-23-15-14-18-39(53)50(60)64-43(33(4)26-37-20-22-40(54)44(27-37)62-9)29-41(55)32(3)25-35(6)46(57)47(63-10)45(56)34(5)24-30/h11-13,16-17,25,30,32-34,36-40,42-44,46-47,54,57H,14-15,18-24,26-29H2,1-10H3/b13-11+,16-12+,31-17+,35-25+/t30-,32-,33-,34-,36-,37?,38+,39?,40-,42+,43+,44-,46-,47+,51?/m1/s1. The van der Waals surface area contributed by atoms with E-state index in [0.29, 0.717) is 56.9 Å². The van der Waals surface area contributed by atoms with Crippen molar-refractivity contribution >= 4 is 29.2 Å². The minimum atomic E-state index is -2.93. The number of methoxy groups -OCH3 is 3. The molecule has 0 radical (unpaired) electrons. The molecule has 14 heteroatoms. The van der Waals surface area contributed by atoms with Crippen molar-refractivity contribution < 1.29 is 62.3 Å². The topological polar surface area (TPSA) is 175 Å². The number of Topliss-reactive ketones (excluding diaryl/α,β-unsaturated/α-hetero) is 3.